The van der Waals surface area contributed by atoms with Crippen LogP contribution in [0.1, 0.15) is 68.7 Å². The van der Waals surface area contributed by atoms with Crippen LogP contribution in [0, 0.1) is 0 Å². The Hall–Kier alpha value is -7.77. The Morgan fingerprint density at radius 1 is 0.672 bits per heavy atom. The number of aliphatic imine (C=N–C) groups is 1. The first-order valence-electron chi connectivity index (χ1n) is 22.4. The topological polar surface area (TPSA) is 327 Å². The van der Waals surface area contributed by atoms with Crippen molar-refractivity contribution in [1.82, 2.24) is 46.9 Å². The molecule has 354 valence electrons. The molecule has 1 aliphatic rings. The molecule has 7 amide bonds. The summed E-state index contributed by atoms with van der Waals surface area (Å²) in [6, 6.07) is 12.9. The van der Waals surface area contributed by atoms with Crippen LogP contribution in [0.25, 0.3) is 21.7 Å². The number of aromatic nitrogens is 3. The summed E-state index contributed by atoms with van der Waals surface area (Å²) in [6.45, 7) is 2.02. The molecule has 3 heterocycles. The summed E-state index contributed by atoms with van der Waals surface area (Å²) in [5, 5.41) is 19.2. The molecule has 0 bridgehead atoms. The minimum Gasteiger partial charge on any atom is -0.370 e. The van der Waals surface area contributed by atoms with Gasteiger partial charge < -0.3 is 59.1 Å². The number of para-hydroxylation sites is 1. The predicted molar refractivity (Wildman–Crippen MR) is 251 cm³/mol. The van der Waals surface area contributed by atoms with Crippen molar-refractivity contribution in [2.24, 2.45) is 22.2 Å². The van der Waals surface area contributed by atoms with Crippen LogP contribution < -0.4 is 49.1 Å². The maximum atomic E-state index is 14.7. The van der Waals surface area contributed by atoms with Crippen LogP contribution in [0.4, 0.5) is 0 Å². The molecule has 67 heavy (non-hydrogen) atoms. The number of carbonyl (C=O) groups is 7. The van der Waals surface area contributed by atoms with Crippen molar-refractivity contribution < 1.29 is 33.6 Å². The molecule has 3 aromatic carbocycles. The Bertz CT molecular complexity index is 2570. The highest BCUT2D eigenvalue weighted by Crippen LogP contribution is 2.21. The van der Waals surface area contributed by atoms with Gasteiger partial charge in [0.2, 0.25) is 41.4 Å². The van der Waals surface area contributed by atoms with E-state index in [1.165, 1.54) is 12.5 Å². The van der Waals surface area contributed by atoms with Crippen LogP contribution in [0.15, 0.2) is 90.4 Å². The first-order valence-corrected chi connectivity index (χ1v) is 22.4. The van der Waals surface area contributed by atoms with Crippen molar-refractivity contribution >= 4 is 69.0 Å². The van der Waals surface area contributed by atoms with Crippen molar-refractivity contribution in [3.63, 3.8) is 0 Å². The van der Waals surface area contributed by atoms with Crippen LogP contribution in [-0.2, 0) is 52.8 Å². The van der Waals surface area contributed by atoms with Crippen LogP contribution in [0.2, 0.25) is 0 Å². The molecular weight excluding hydrogens is 859 g/mol. The molecule has 20 heteroatoms. The number of nitrogens with two attached hydrogens (primary N) is 3. The number of benzene rings is 3. The summed E-state index contributed by atoms with van der Waals surface area (Å²) in [7, 11) is 0. The van der Waals surface area contributed by atoms with Gasteiger partial charge in [-0.15, -0.1) is 0 Å². The van der Waals surface area contributed by atoms with Gasteiger partial charge in [-0.1, -0.05) is 80.4 Å². The molecule has 0 saturated carbocycles. The molecule has 0 spiro atoms. The molecule has 5 aromatic rings. The molecule has 0 radical (unpaired) electrons. The fourth-order valence-corrected chi connectivity index (χ4v) is 8.00. The molecule has 2 aromatic heterocycles. The zero-order valence-corrected chi connectivity index (χ0v) is 37.3. The van der Waals surface area contributed by atoms with Crippen molar-refractivity contribution in [2.45, 2.75) is 107 Å². The van der Waals surface area contributed by atoms with E-state index >= 15 is 0 Å². The van der Waals surface area contributed by atoms with Crippen molar-refractivity contribution in [3.8, 4) is 0 Å². The number of unbranched alkanes of at least 4 members (excludes halogenated alkanes) is 1. The quantitative estimate of drug-likeness (QED) is 0.0416. The van der Waals surface area contributed by atoms with E-state index < -0.39 is 77.6 Å². The second-order valence-corrected chi connectivity index (χ2v) is 16.7. The van der Waals surface area contributed by atoms with Gasteiger partial charge in [0.15, 0.2) is 5.96 Å². The molecule has 0 aliphatic carbocycles. The fraction of sp³-hybridized carbons (Fsp3) is 0.383. The monoisotopic (exact) mass is 917 g/mol. The molecule has 6 atom stereocenters. The summed E-state index contributed by atoms with van der Waals surface area (Å²) in [4.78, 5) is 113. The number of amides is 7. The minimum atomic E-state index is -1.36. The predicted octanol–water partition coefficient (Wildman–Crippen LogP) is 0.504. The summed E-state index contributed by atoms with van der Waals surface area (Å²) >= 11 is 0. The van der Waals surface area contributed by atoms with E-state index in [2.05, 4.69) is 51.8 Å². The lowest BCUT2D eigenvalue weighted by Crippen LogP contribution is -2.60. The summed E-state index contributed by atoms with van der Waals surface area (Å²) in [5.74, 6) is -5.40. The van der Waals surface area contributed by atoms with Crippen LogP contribution in [0.3, 0.4) is 0 Å². The van der Waals surface area contributed by atoms with Crippen LogP contribution in [-0.4, -0.2) is 105 Å². The Labute approximate surface area is 386 Å². The number of nitrogens with one attached hydrogen (secondary N) is 8. The Balaban J connectivity index is 1.40. The lowest BCUT2D eigenvalue weighted by molar-refractivity contribution is -0.135. The molecule has 0 unspecified atom stereocenters. The van der Waals surface area contributed by atoms with Gasteiger partial charge >= 0.3 is 0 Å². The lowest BCUT2D eigenvalue weighted by Gasteiger charge is -2.28. The van der Waals surface area contributed by atoms with E-state index in [4.69, 9.17) is 17.2 Å². The number of primary amides is 1. The maximum absolute atomic E-state index is 14.7. The van der Waals surface area contributed by atoms with E-state index in [1.807, 2.05) is 73.7 Å². The zero-order valence-electron chi connectivity index (χ0n) is 37.3. The Morgan fingerprint density at radius 2 is 1.28 bits per heavy atom. The fourth-order valence-electron chi connectivity index (χ4n) is 8.00. The van der Waals surface area contributed by atoms with E-state index in [0.717, 1.165) is 21.7 Å². The third kappa shape index (κ3) is 13.9. The Morgan fingerprint density at radius 3 is 1.97 bits per heavy atom. The molecule has 1 aliphatic heterocycles. The highest BCUT2D eigenvalue weighted by atomic mass is 16.2. The Kier molecular flexibility index (Phi) is 17.0. The SMILES string of the molecule is CCCC[C@@H]1NC(=O)CC[C@@H](C(N)=O)NC(=O)[C@H](Cc2c[nH]c3ccccc23)NC(=O)[C@H](CCCN=C(N)N)NC(=O)[C@@H](Cc2ccc3ccccc3c2)NC(=O)[C@H](Cc2cnc[nH]2)NC1=O. The molecule has 6 rings (SSSR count). The number of aromatic amines is 2. The van der Waals surface area contributed by atoms with Crippen LogP contribution >= 0.6 is 0 Å². The smallest absolute Gasteiger partial charge is 0.243 e. The van der Waals surface area contributed by atoms with Crippen molar-refractivity contribution in [1.29, 1.82) is 0 Å². The van der Waals surface area contributed by atoms with E-state index in [0.29, 0.717) is 29.7 Å². The normalized spacial score (nSPS) is 21.6. The largest absolute Gasteiger partial charge is 0.370 e. The number of rotatable bonds is 14. The summed E-state index contributed by atoms with van der Waals surface area (Å²) < 4.78 is 0. The van der Waals surface area contributed by atoms with Crippen molar-refractivity contribution in [2.75, 3.05) is 6.54 Å². The van der Waals surface area contributed by atoms with Crippen LogP contribution in [0.5, 0.6) is 0 Å². The number of carbonyl (C=O) groups excluding carboxylic acids is 7. The second kappa shape index (κ2) is 23.4. The van der Waals surface area contributed by atoms with Gasteiger partial charge in [-0.2, -0.15) is 0 Å². The second-order valence-electron chi connectivity index (χ2n) is 16.7. The third-order valence-electron chi connectivity index (χ3n) is 11.6. The molecule has 14 N–H and O–H groups in total. The van der Waals surface area contributed by atoms with E-state index in [9.17, 15) is 33.6 Å². The average molecular weight is 918 g/mol. The minimum absolute atomic E-state index is 0.0108. The summed E-state index contributed by atoms with van der Waals surface area (Å²) in [5.41, 5.74) is 19.5. The number of fused-ring (bicyclic) bond motifs is 2. The van der Waals surface area contributed by atoms with Gasteiger partial charge in [-0.25, -0.2) is 4.98 Å². The molecule has 20 nitrogen and oxygen atoms in total. The number of H-pyrrole nitrogens is 2. The van der Waals surface area contributed by atoms with Gasteiger partial charge in [0, 0.05) is 61.2 Å². The number of nitrogens with zero attached hydrogens (tertiary/aromatic N) is 2. The van der Waals surface area contributed by atoms with Gasteiger partial charge in [-0.3, -0.25) is 38.6 Å². The lowest BCUT2D eigenvalue weighted by atomic mass is 9.99. The number of guanidine groups is 1. The highest BCUT2D eigenvalue weighted by molar-refractivity contribution is 5.98. The molecule has 1 fully saturated rings. The molecule has 1 saturated heterocycles. The highest BCUT2D eigenvalue weighted by Gasteiger charge is 2.34. The average Bonchev–Trinajstić information content (AvgIpc) is 3.98. The van der Waals surface area contributed by atoms with Gasteiger partial charge in [0.05, 0.1) is 6.33 Å². The standard InChI is InChI=1S/C47H59N13O7/c1-2-3-12-35-42(63)60-39(23-31-25-51-26-54-31)46(67)58-37(21-27-15-16-28-9-4-5-10-29(28)20-27)44(65)57-36(14-8-19-52-47(49)50)43(64)59-38(22-30-24-53-33-13-7-6-11-32(30)33)45(66)56-34(41(48)62)17-18-40(61)55-35/h4-7,9-11,13,15-16,20,24-26,34-39,53H,2-3,8,12,14,17-19,21-23H2,1H3,(H2,48,62)(H,51,54)(H,55,61)(H,56,66)(H,57,65)(H,58,67)(H,59,64)(H,60,63)(H4,49,50,52)/t34-,35-,36-,37+,38-,39-/m0/s1. The van der Waals surface area contributed by atoms with E-state index in [1.54, 1.807) is 6.20 Å². The first kappa shape index (κ1) is 48.7. The maximum Gasteiger partial charge on any atom is 0.243 e. The first-order chi connectivity index (χ1) is 32.3. The van der Waals surface area contributed by atoms with Gasteiger partial charge in [0.1, 0.15) is 36.3 Å². The zero-order chi connectivity index (χ0) is 47.9. The van der Waals surface area contributed by atoms with Crippen molar-refractivity contribution in [3.05, 3.63) is 102 Å². The number of imidazole rings is 1. The molecular formula is C47H59N13O7. The third-order valence-corrected chi connectivity index (χ3v) is 11.6. The summed E-state index contributed by atoms with van der Waals surface area (Å²) in [6.07, 6.45) is 5.55. The van der Waals surface area contributed by atoms with Gasteiger partial charge in [0.25, 0.3) is 0 Å². The number of hydrogen-bond donors (Lipinski definition) is 11. The van der Waals surface area contributed by atoms with E-state index in [-0.39, 0.29) is 63.9 Å². The van der Waals surface area contributed by atoms with Gasteiger partial charge in [-0.05, 0) is 53.6 Å². The number of hydrogen-bond acceptors (Lipinski definition) is 9.